The Bertz CT molecular complexity index is 769. The van der Waals surface area contributed by atoms with E-state index in [2.05, 4.69) is 37.2 Å². The topological polar surface area (TPSA) is 75.6 Å². The van der Waals surface area contributed by atoms with Gasteiger partial charge in [-0.05, 0) is 73.7 Å². The number of aryl methyl sites for hydroxylation is 1. The van der Waals surface area contributed by atoms with Crippen LogP contribution in [0, 0.1) is 0 Å². The third kappa shape index (κ3) is 6.17. The van der Waals surface area contributed by atoms with Crippen molar-refractivity contribution in [1.29, 1.82) is 0 Å². The van der Waals surface area contributed by atoms with Crippen molar-refractivity contribution in [2.45, 2.75) is 26.4 Å². The van der Waals surface area contributed by atoms with Crippen LogP contribution in [0.4, 0.5) is 5.69 Å². The summed E-state index contributed by atoms with van der Waals surface area (Å²) in [5, 5.41) is 11.5. The number of carbonyl (C=O) groups is 2. The van der Waals surface area contributed by atoms with Gasteiger partial charge in [0.2, 0.25) is 5.91 Å². The highest BCUT2D eigenvalue weighted by atomic mass is 79.9. The van der Waals surface area contributed by atoms with E-state index in [0.717, 1.165) is 25.8 Å². The SMILES string of the molecule is CC(=O)Nc1cccc(COc2c(Br)cc(CCC(=O)O)cc2Br)c1. The van der Waals surface area contributed by atoms with Crippen LogP contribution in [0.2, 0.25) is 0 Å². The second-order valence-electron chi connectivity index (χ2n) is 5.45. The van der Waals surface area contributed by atoms with E-state index in [9.17, 15) is 9.59 Å². The van der Waals surface area contributed by atoms with E-state index in [-0.39, 0.29) is 12.3 Å². The van der Waals surface area contributed by atoms with E-state index >= 15 is 0 Å². The normalized spacial score (nSPS) is 10.4. The fraction of sp³-hybridized carbons (Fsp3) is 0.222. The number of carbonyl (C=O) groups excluding carboxylic acids is 1. The molecule has 0 aliphatic carbocycles. The van der Waals surface area contributed by atoms with Crippen molar-refractivity contribution in [3.05, 3.63) is 56.5 Å². The largest absolute Gasteiger partial charge is 0.487 e. The van der Waals surface area contributed by atoms with Gasteiger partial charge in [-0.1, -0.05) is 12.1 Å². The Labute approximate surface area is 162 Å². The molecule has 132 valence electrons. The van der Waals surface area contributed by atoms with Crippen LogP contribution in [0.25, 0.3) is 0 Å². The molecule has 0 saturated heterocycles. The number of anilines is 1. The lowest BCUT2D eigenvalue weighted by molar-refractivity contribution is -0.137. The predicted octanol–water partition coefficient (Wildman–Crippen LogP) is 4.77. The van der Waals surface area contributed by atoms with Crippen molar-refractivity contribution >= 4 is 49.4 Å². The molecule has 0 aliphatic rings. The Morgan fingerprint density at radius 2 is 1.80 bits per heavy atom. The van der Waals surface area contributed by atoms with Crippen molar-refractivity contribution in [2.75, 3.05) is 5.32 Å². The van der Waals surface area contributed by atoms with Crippen molar-refractivity contribution in [2.24, 2.45) is 0 Å². The van der Waals surface area contributed by atoms with Crippen LogP contribution in [0.15, 0.2) is 45.3 Å². The van der Waals surface area contributed by atoms with Gasteiger partial charge in [-0.15, -0.1) is 0 Å². The molecule has 0 saturated carbocycles. The van der Waals surface area contributed by atoms with Crippen LogP contribution in [-0.4, -0.2) is 17.0 Å². The highest BCUT2D eigenvalue weighted by Gasteiger charge is 2.11. The van der Waals surface area contributed by atoms with E-state index in [1.54, 1.807) is 0 Å². The summed E-state index contributed by atoms with van der Waals surface area (Å²) in [6.07, 6.45) is 0.528. The zero-order chi connectivity index (χ0) is 18.4. The standard InChI is InChI=1S/C18H17Br2NO4/c1-11(22)21-14-4-2-3-13(7-14)10-25-18-15(19)8-12(9-16(18)20)5-6-17(23)24/h2-4,7-9H,5-6,10H2,1H3,(H,21,22)(H,23,24). The summed E-state index contributed by atoms with van der Waals surface area (Å²) in [6, 6.07) is 11.1. The quantitative estimate of drug-likeness (QED) is 0.611. The van der Waals surface area contributed by atoms with E-state index < -0.39 is 5.97 Å². The Morgan fingerprint density at radius 1 is 1.12 bits per heavy atom. The van der Waals surface area contributed by atoms with Gasteiger partial charge in [0, 0.05) is 19.0 Å². The number of aliphatic carboxylic acids is 1. The molecule has 7 heteroatoms. The average molecular weight is 471 g/mol. The molecule has 0 fully saturated rings. The van der Waals surface area contributed by atoms with Gasteiger partial charge in [-0.3, -0.25) is 9.59 Å². The molecule has 1 amide bonds. The van der Waals surface area contributed by atoms with Gasteiger partial charge in [0.15, 0.2) is 0 Å². The minimum atomic E-state index is -0.827. The first kappa shape index (κ1) is 19.5. The van der Waals surface area contributed by atoms with E-state index in [4.69, 9.17) is 9.84 Å². The fourth-order valence-corrected chi connectivity index (χ4v) is 3.75. The number of rotatable bonds is 7. The van der Waals surface area contributed by atoms with E-state index in [1.807, 2.05) is 36.4 Å². The minimum Gasteiger partial charge on any atom is -0.487 e. The summed E-state index contributed by atoms with van der Waals surface area (Å²) in [4.78, 5) is 21.8. The van der Waals surface area contributed by atoms with Crippen LogP contribution in [0.3, 0.4) is 0 Å². The Morgan fingerprint density at radius 3 is 2.40 bits per heavy atom. The highest BCUT2D eigenvalue weighted by Crippen LogP contribution is 2.35. The number of amides is 1. The van der Waals surface area contributed by atoms with Gasteiger partial charge in [0.25, 0.3) is 0 Å². The molecule has 0 unspecified atom stereocenters. The number of hydrogen-bond donors (Lipinski definition) is 2. The van der Waals surface area contributed by atoms with E-state index in [1.165, 1.54) is 6.92 Å². The molecular weight excluding hydrogens is 454 g/mol. The van der Waals surface area contributed by atoms with Gasteiger partial charge in [-0.2, -0.15) is 0 Å². The Hall–Kier alpha value is -1.86. The molecule has 2 N–H and O–H groups in total. The number of hydrogen-bond acceptors (Lipinski definition) is 3. The Balaban J connectivity index is 2.07. The average Bonchev–Trinajstić information content (AvgIpc) is 2.52. The first-order valence-corrected chi connectivity index (χ1v) is 9.13. The monoisotopic (exact) mass is 469 g/mol. The van der Waals surface area contributed by atoms with Crippen LogP contribution >= 0.6 is 31.9 Å². The number of halogens is 2. The van der Waals surface area contributed by atoms with Crippen LogP contribution in [-0.2, 0) is 22.6 Å². The molecule has 2 aromatic carbocycles. The summed E-state index contributed by atoms with van der Waals surface area (Å²) in [6.45, 7) is 1.79. The zero-order valence-corrected chi connectivity index (χ0v) is 16.7. The molecule has 0 aliphatic heterocycles. The Kier molecular flexibility index (Phi) is 7.01. The van der Waals surface area contributed by atoms with Crippen molar-refractivity contribution in [1.82, 2.24) is 0 Å². The van der Waals surface area contributed by atoms with Crippen molar-refractivity contribution in [3.8, 4) is 5.75 Å². The first-order valence-electron chi connectivity index (χ1n) is 7.54. The van der Waals surface area contributed by atoms with Crippen LogP contribution in [0.5, 0.6) is 5.75 Å². The maximum atomic E-state index is 11.1. The van der Waals surface area contributed by atoms with Crippen LogP contribution < -0.4 is 10.1 Å². The molecule has 0 bridgehead atoms. The molecular formula is C18H17Br2NO4. The summed E-state index contributed by atoms with van der Waals surface area (Å²) in [7, 11) is 0. The number of ether oxygens (including phenoxy) is 1. The van der Waals surface area contributed by atoms with Gasteiger partial charge in [-0.25, -0.2) is 0 Å². The second kappa shape index (κ2) is 9.01. The first-order chi connectivity index (χ1) is 11.8. The lowest BCUT2D eigenvalue weighted by Gasteiger charge is -2.13. The highest BCUT2D eigenvalue weighted by molar-refractivity contribution is 9.11. The molecule has 0 atom stereocenters. The molecule has 0 spiro atoms. The molecule has 0 aromatic heterocycles. The number of carboxylic acid groups (broad SMARTS) is 1. The number of nitrogens with one attached hydrogen (secondary N) is 1. The third-order valence-electron chi connectivity index (χ3n) is 3.32. The molecule has 0 radical (unpaired) electrons. The predicted molar refractivity (Wildman–Crippen MR) is 103 cm³/mol. The number of carboxylic acids is 1. The van der Waals surface area contributed by atoms with Gasteiger partial charge < -0.3 is 15.2 Å². The summed E-state index contributed by atoms with van der Waals surface area (Å²) in [5.41, 5.74) is 2.54. The molecule has 2 rings (SSSR count). The fourth-order valence-electron chi connectivity index (χ4n) is 2.24. The van der Waals surface area contributed by atoms with Crippen molar-refractivity contribution < 1.29 is 19.4 Å². The van der Waals surface area contributed by atoms with Gasteiger partial charge in [0.1, 0.15) is 12.4 Å². The minimum absolute atomic E-state index is 0.0784. The maximum Gasteiger partial charge on any atom is 0.303 e. The van der Waals surface area contributed by atoms with Crippen LogP contribution in [0.1, 0.15) is 24.5 Å². The lowest BCUT2D eigenvalue weighted by Crippen LogP contribution is -2.06. The zero-order valence-electron chi connectivity index (χ0n) is 13.5. The molecule has 5 nitrogen and oxygen atoms in total. The summed E-state index contributed by atoms with van der Waals surface area (Å²) >= 11 is 6.93. The molecule has 25 heavy (non-hydrogen) atoms. The lowest BCUT2D eigenvalue weighted by atomic mass is 10.1. The smallest absolute Gasteiger partial charge is 0.303 e. The number of benzene rings is 2. The van der Waals surface area contributed by atoms with Crippen molar-refractivity contribution in [3.63, 3.8) is 0 Å². The third-order valence-corrected chi connectivity index (χ3v) is 4.49. The molecule has 0 heterocycles. The maximum absolute atomic E-state index is 11.1. The summed E-state index contributed by atoms with van der Waals surface area (Å²) < 4.78 is 7.37. The van der Waals surface area contributed by atoms with Gasteiger partial charge in [0.05, 0.1) is 8.95 Å². The summed E-state index contributed by atoms with van der Waals surface area (Å²) in [5.74, 6) is -0.309. The molecule has 2 aromatic rings. The van der Waals surface area contributed by atoms with E-state index in [0.29, 0.717) is 18.8 Å². The second-order valence-corrected chi connectivity index (χ2v) is 7.16. The van der Waals surface area contributed by atoms with Gasteiger partial charge >= 0.3 is 5.97 Å².